The fourth-order valence-corrected chi connectivity index (χ4v) is 2.31. The average molecular weight is 249 g/mol. The smallest absolute Gasteiger partial charge is 0.269 e. The van der Waals surface area contributed by atoms with E-state index in [2.05, 4.69) is 0 Å². The maximum atomic E-state index is 11.8. The number of fused-ring (bicyclic) bond motifs is 1. The van der Waals surface area contributed by atoms with Gasteiger partial charge in [-0.05, 0) is 11.6 Å². The number of nitrogens with two attached hydrogens (primary N) is 1. The second-order valence-electron chi connectivity index (χ2n) is 5.03. The van der Waals surface area contributed by atoms with Gasteiger partial charge >= 0.3 is 0 Å². The van der Waals surface area contributed by atoms with Gasteiger partial charge in [0.05, 0.1) is 11.5 Å². The number of non-ortho nitro benzene ring substituents is 1. The SMILES string of the molecule is CC1(C)CN(C(=O)CN)c2ccc([N+](=O)[O-])cc21. The van der Waals surface area contributed by atoms with Gasteiger partial charge in [0, 0.05) is 29.8 Å². The summed E-state index contributed by atoms with van der Waals surface area (Å²) >= 11 is 0. The van der Waals surface area contributed by atoms with E-state index in [0.717, 1.165) is 11.3 Å². The average Bonchev–Trinajstić information content (AvgIpc) is 2.60. The van der Waals surface area contributed by atoms with Crippen LogP contribution in [0.3, 0.4) is 0 Å². The molecule has 0 aliphatic carbocycles. The summed E-state index contributed by atoms with van der Waals surface area (Å²) in [4.78, 5) is 23.7. The van der Waals surface area contributed by atoms with Crippen LogP contribution >= 0.6 is 0 Å². The number of hydrogen-bond acceptors (Lipinski definition) is 4. The van der Waals surface area contributed by atoms with Gasteiger partial charge in [0.25, 0.3) is 5.69 Å². The number of anilines is 1. The monoisotopic (exact) mass is 249 g/mol. The minimum absolute atomic E-state index is 0.0453. The van der Waals surface area contributed by atoms with E-state index in [1.54, 1.807) is 17.0 Å². The maximum Gasteiger partial charge on any atom is 0.269 e. The molecular weight excluding hydrogens is 234 g/mol. The van der Waals surface area contributed by atoms with Crippen molar-refractivity contribution < 1.29 is 9.72 Å². The van der Waals surface area contributed by atoms with Crippen molar-refractivity contribution in [3.8, 4) is 0 Å². The fraction of sp³-hybridized carbons (Fsp3) is 0.417. The van der Waals surface area contributed by atoms with Crippen molar-refractivity contribution in [1.82, 2.24) is 0 Å². The van der Waals surface area contributed by atoms with Gasteiger partial charge in [0.15, 0.2) is 0 Å². The Bertz CT molecular complexity index is 525. The lowest BCUT2D eigenvalue weighted by Crippen LogP contribution is -2.37. The van der Waals surface area contributed by atoms with E-state index in [9.17, 15) is 14.9 Å². The summed E-state index contributed by atoms with van der Waals surface area (Å²) in [6.07, 6.45) is 0. The number of benzene rings is 1. The molecule has 2 rings (SSSR count). The largest absolute Gasteiger partial charge is 0.322 e. The van der Waals surface area contributed by atoms with Gasteiger partial charge in [0.2, 0.25) is 5.91 Å². The van der Waals surface area contributed by atoms with Crippen LogP contribution in [0.1, 0.15) is 19.4 Å². The molecule has 0 saturated heterocycles. The van der Waals surface area contributed by atoms with Crippen molar-refractivity contribution in [3.63, 3.8) is 0 Å². The lowest BCUT2D eigenvalue weighted by molar-refractivity contribution is -0.384. The third kappa shape index (κ3) is 1.84. The van der Waals surface area contributed by atoms with Gasteiger partial charge < -0.3 is 10.6 Å². The highest BCUT2D eigenvalue weighted by Gasteiger charge is 2.38. The molecule has 6 nitrogen and oxygen atoms in total. The van der Waals surface area contributed by atoms with Crippen LogP contribution in [0.2, 0.25) is 0 Å². The summed E-state index contributed by atoms with van der Waals surface area (Å²) < 4.78 is 0. The Kier molecular flexibility index (Phi) is 2.82. The number of nitro groups is 1. The third-order valence-corrected chi connectivity index (χ3v) is 3.24. The predicted molar refractivity (Wildman–Crippen MR) is 67.5 cm³/mol. The van der Waals surface area contributed by atoms with Crippen LogP contribution in [-0.4, -0.2) is 23.9 Å². The minimum atomic E-state index is -0.427. The number of rotatable bonds is 2. The van der Waals surface area contributed by atoms with Gasteiger partial charge in [-0.1, -0.05) is 13.8 Å². The summed E-state index contributed by atoms with van der Waals surface area (Å²) in [7, 11) is 0. The predicted octanol–water partition coefficient (Wildman–Crippen LogP) is 1.18. The molecule has 1 aromatic rings. The molecule has 0 aromatic heterocycles. The zero-order chi connectivity index (χ0) is 13.5. The second kappa shape index (κ2) is 4.06. The highest BCUT2D eigenvalue weighted by Crippen LogP contribution is 2.41. The van der Waals surface area contributed by atoms with Crippen molar-refractivity contribution in [2.45, 2.75) is 19.3 Å². The van der Waals surface area contributed by atoms with E-state index in [1.165, 1.54) is 6.07 Å². The van der Waals surface area contributed by atoms with Crippen molar-refractivity contribution in [2.24, 2.45) is 5.73 Å². The number of carbonyl (C=O) groups is 1. The quantitative estimate of drug-likeness (QED) is 0.629. The van der Waals surface area contributed by atoms with Crippen molar-refractivity contribution in [3.05, 3.63) is 33.9 Å². The topological polar surface area (TPSA) is 89.5 Å². The first-order valence-electron chi connectivity index (χ1n) is 5.66. The normalized spacial score (nSPS) is 16.5. The molecule has 6 heteroatoms. The van der Waals surface area contributed by atoms with Gasteiger partial charge in [-0.3, -0.25) is 14.9 Å². The zero-order valence-corrected chi connectivity index (χ0v) is 10.3. The molecule has 1 aliphatic heterocycles. The Morgan fingerprint density at radius 1 is 1.56 bits per heavy atom. The molecule has 0 unspecified atom stereocenters. The van der Waals surface area contributed by atoms with Crippen molar-refractivity contribution in [1.29, 1.82) is 0 Å². The number of amides is 1. The molecule has 0 spiro atoms. The highest BCUT2D eigenvalue weighted by molar-refractivity contribution is 5.97. The number of nitro benzene ring substituents is 1. The Morgan fingerprint density at radius 3 is 2.78 bits per heavy atom. The molecule has 0 bridgehead atoms. The van der Waals surface area contributed by atoms with E-state index in [4.69, 9.17) is 5.73 Å². The molecular formula is C12H15N3O3. The van der Waals surface area contributed by atoms with Crippen molar-refractivity contribution in [2.75, 3.05) is 18.0 Å². The van der Waals surface area contributed by atoms with Crippen LogP contribution in [0, 0.1) is 10.1 Å². The Balaban J connectivity index is 2.53. The second-order valence-corrected chi connectivity index (χ2v) is 5.03. The van der Waals surface area contributed by atoms with Gasteiger partial charge in [-0.15, -0.1) is 0 Å². The first-order valence-corrected chi connectivity index (χ1v) is 5.66. The maximum absolute atomic E-state index is 11.8. The summed E-state index contributed by atoms with van der Waals surface area (Å²) in [5.74, 6) is -0.171. The fourth-order valence-electron chi connectivity index (χ4n) is 2.31. The Labute approximate surface area is 105 Å². The highest BCUT2D eigenvalue weighted by atomic mass is 16.6. The van der Waals surface area contributed by atoms with E-state index in [0.29, 0.717) is 6.54 Å². The van der Waals surface area contributed by atoms with E-state index >= 15 is 0 Å². The van der Waals surface area contributed by atoms with Crippen LogP contribution in [0.15, 0.2) is 18.2 Å². The van der Waals surface area contributed by atoms with E-state index in [1.807, 2.05) is 13.8 Å². The number of nitrogens with zero attached hydrogens (tertiary/aromatic N) is 2. The lowest BCUT2D eigenvalue weighted by Gasteiger charge is -2.20. The Hall–Kier alpha value is -1.95. The van der Waals surface area contributed by atoms with E-state index < -0.39 is 4.92 Å². The molecule has 96 valence electrons. The molecule has 18 heavy (non-hydrogen) atoms. The van der Waals surface area contributed by atoms with Crippen LogP contribution in [0.4, 0.5) is 11.4 Å². The van der Waals surface area contributed by atoms with Gasteiger partial charge in [0.1, 0.15) is 0 Å². The first-order chi connectivity index (χ1) is 8.36. The zero-order valence-electron chi connectivity index (χ0n) is 10.3. The molecule has 0 fully saturated rings. The molecule has 1 amide bonds. The number of hydrogen-bond donors (Lipinski definition) is 1. The van der Waals surface area contributed by atoms with Crippen molar-refractivity contribution >= 4 is 17.3 Å². The molecule has 0 atom stereocenters. The minimum Gasteiger partial charge on any atom is -0.322 e. The van der Waals surface area contributed by atoms with Gasteiger partial charge in [-0.2, -0.15) is 0 Å². The molecule has 1 heterocycles. The summed E-state index contributed by atoms with van der Waals surface area (Å²) in [5.41, 5.74) is 6.66. The standard InChI is InChI=1S/C12H15N3O3/c1-12(2)7-14(11(16)6-13)10-4-3-8(15(17)18)5-9(10)12/h3-5H,6-7,13H2,1-2H3. The van der Waals surface area contributed by atoms with Crippen LogP contribution in [0.5, 0.6) is 0 Å². The van der Waals surface area contributed by atoms with Crippen LogP contribution in [0.25, 0.3) is 0 Å². The van der Waals surface area contributed by atoms with E-state index in [-0.39, 0.29) is 23.6 Å². The van der Waals surface area contributed by atoms with Gasteiger partial charge in [-0.25, -0.2) is 0 Å². The van der Waals surface area contributed by atoms with Crippen LogP contribution < -0.4 is 10.6 Å². The summed E-state index contributed by atoms with van der Waals surface area (Å²) in [6.45, 7) is 4.35. The molecule has 1 aliphatic rings. The Morgan fingerprint density at radius 2 is 2.22 bits per heavy atom. The lowest BCUT2D eigenvalue weighted by atomic mass is 9.87. The molecule has 0 radical (unpaired) electrons. The summed E-state index contributed by atoms with van der Waals surface area (Å²) in [5, 5.41) is 10.8. The van der Waals surface area contributed by atoms with Crippen LogP contribution in [-0.2, 0) is 10.2 Å². The molecule has 1 aromatic carbocycles. The summed E-state index contributed by atoms with van der Waals surface area (Å²) in [6, 6.07) is 4.58. The third-order valence-electron chi connectivity index (χ3n) is 3.24. The molecule has 2 N–H and O–H groups in total. The number of carbonyl (C=O) groups excluding carboxylic acids is 1. The molecule has 0 saturated carbocycles. The first kappa shape index (κ1) is 12.5.